The normalized spacial score (nSPS) is 30.0. The maximum absolute atomic E-state index is 12.8. The molecule has 6 nitrogen and oxygen atoms in total. The predicted molar refractivity (Wildman–Crippen MR) is 91.3 cm³/mol. The van der Waals surface area contributed by atoms with Crippen molar-refractivity contribution in [2.75, 3.05) is 39.5 Å². The minimum absolute atomic E-state index is 0.0202. The van der Waals surface area contributed by atoms with E-state index in [1.165, 1.54) is 19.2 Å². The molecule has 2 atom stereocenters. The zero-order chi connectivity index (χ0) is 17.3. The molecule has 0 bridgehead atoms. The molecule has 4 rings (SSSR count). The van der Waals surface area contributed by atoms with Crippen LogP contribution in [0.15, 0.2) is 10.8 Å². The number of likely N-dealkylation sites (tertiary alicyclic amines) is 1. The Bertz CT molecular complexity index is 610. The Morgan fingerprint density at radius 1 is 1.40 bits per heavy atom. The molecule has 6 heteroatoms. The summed E-state index contributed by atoms with van der Waals surface area (Å²) in [6.45, 7) is 6.74. The van der Waals surface area contributed by atoms with E-state index < -0.39 is 0 Å². The highest BCUT2D eigenvalue weighted by molar-refractivity contribution is 5.92. The van der Waals surface area contributed by atoms with E-state index in [0.717, 1.165) is 58.8 Å². The highest BCUT2D eigenvalue weighted by Crippen LogP contribution is 2.49. The molecule has 0 radical (unpaired) electrons. The fourth-order valence-electron chi connectivity index (χ4n) is 4.80. The third kappa shape index (κ3) is 3.34. The first-order valence-corrected chi connectivity index (χ1v) is 9.53. The summed E-state index contributed by atoms with van der Waals surface area (Å²) in [7, 11) is 0. The van der Waals surface area contributed by atoms with Crippen molar-refractivity contribution in [2.45, 2.75) is 39.0 Å². The van der Waals surface area contributed by atoms with Crippen LogP contribution in [0.5, 0.6) is 0 Å². The van der Waals surface area contributed by atoms with Crippen molar-refractivity contribution in [3.05, 3.63) is 17.8 Å². The molecule has 1 aromatic heterocycles. The number of aryl methyl sites for hydroxylation is 1. The number of aromatic nitrogens is 1. The lowest BCUT2D eigenvalue weighted by Gasteiger charge is -2.30. The van der Waals surface area contributed by atoms with Gasteiger partial charge in [-0.1, -0.05) is 6.42 Å². The first-order valence-electron chi connectivity index (χ1n) is 9.53. The Balaban J connectivity index is 1.37. The number of carbonyl (C=O) groups excluding carboxylic acids is 1. The third-order valence-electron chi connectivity index (χ3n) is 6.35. The standard InChI is InChI=1S/C19H28N2O4/c1-14-17(25-13-20-14)18(22)21-9-16-3-2-6-19(16,11-21)12-24-10-15-4-7-23-8-5-15/h13,15-16H,2-12H2,1H3/t16-,19+/m0/s1. The second-order valence-electron chi connectivity index (χ2n) is 7.97. The van der Waals surface area contributed by atoms with E-state index in [9.17, 15) is 4.79 Å². The molecule has 3 aliphatic rings. The summed E-state index contributed by atoms with van der Waals surface area (Å²) in [5.41, 5.74) is 0.807. The van der Waals surface area contributed by atoms with Crippen molar-refractivity contribution in [1.82, 2.24) is 9.88 Å². The van der Waals surface area contributed by atoms with E-state index in [1.54, 1.807) is 0 Å². The fraction of sp³-hybridized carbons (Fsp3) is 0.789. The molecular formula is C19H28N2O4. The first kappa shape index (κ1) is 17.0. The second-order valence-corrected chi connectivity index (χ2v) is 7.97. The van der Waals surface area contributed by atoms with Crippen molar-refractivity contribution < 1.29 is 18.7 Å². The van der Waals surface area contributed by atoms with Crippen LogP contribution in [0.25, 0.3) is 0 Å². The lowest BCUT2D eigenvalue weighted by molar-refractivity contribution is -0.0124. The van der Waals surface area contributed by atoms with Gasteiger partial charge in [-0.05, 0) is 44.4 Å². The SMILES string of the molecule is Cc1ncoc1C(=O)N1C[C@@H]2CCC[C@]2(COCC2CCOCC2)C1. The van der Waals surface area contributed by atoms with Gasteiger partial charge in [0.2, 0.25) is 5.76 Å². The van der Waals surface area contributed by atoms with Gasteiger partial charge in [0.25, 0.3) is 5.91 Å². The van der Waals surface area contributed by atoms with E-state index >= 15 is 0 Å². The maximum Gasteiger partial charge on any atom is 0.291 e. The summed E-state index contributed by atoms with van der Waals surface area (Å²) >= 11 is 0. The molecule has 0 aromatic carbocycles. The molecule has 1 aliphatic carbocycles. The van der Waals surface area contributed by atoms with Crippen LogP contribution in [0, 0.1) is 24.2 Å². The van der Waals surface area contributed by atoms with Gasteiger partial charge in [0, 0.05) is 38.3 Å². The van der Waals surface area contributed by atoms with E-state index in [0.29, 0.717) is 23.3 Å². The minimum atomic E-state index is -0.0202. The molecule has 0 spiro atoms. The molecule has 1 saturated carbocycles. The van der Waals surface area contributed by atoms with Crippen LogP contribution in [-0.4, -0.2) is 55.3 Å². The summed E-state index contributed by atoms with van der Waals surface area (Å²) in [5.74, 6) is 1.54. The van der Waals surface area contributed by atoms with Crippen molar-refractivity contribution in [3.8, 4) is 0 Å². The Hall–Kier alpha value is -1.40. The van der Waals surface area contributed by atoms with Gasteiger partial charge in [-0.2, -0.15) is 0 Å². The molecule has 2 aliphatic heterocycles. The number of nitrogens with zero attached hydrogens (tertiary/aromatic N) is 2. The maximum atomic E-state index is 12.8. The number of amides is 1. The summed E-state index contributed by atoms with van der Waals surface area (Å²) in [4.78, 5) is 18.8. The van der Waals surface area contributed by atoms with E-state index in [4.69, 9.17) is 13.9 Å². The number of rotatable bonds is 5. The van der Waals surface area contributed by atoms with Crippen molar-refractivity contribution in [2.24, 2.45) is 17.3 Å². The van der Waals surface area contributed by atoms with Gasteiger partial charge in [0.1, 0.15) is 0 Å². The Labute approximate surface area is 148 Å². The number of oxazole rings is 1. The monoisotopic (exact) mass is 348 g/mol. The zero-order valence-electron chi connectivity index (χ0n) is 15.0. The highest BCUT2D eigenvalue weighted by atomic mass is 16.5. The number of hydrogen-bond acceptors (Lipinski definition) is 5. The van der Waals surface area contributed by atoms with Gasteiger partial charge in [-0.3, -0.25) is 4.79 Å². The molecule has 25 heavy (non-hydrogen) atoms. The lowest BCUT2D eigenvalue weighted by Crippen LogP contribution is -2.35. The minimum Gasteiger partial charge on any atom is -0.438 e. The molecule has 0 N–H and O–H groups in total. The van der Waals surface area contributed by atoms with Crippen molar-refractivity contribution >= 4 is 5.91 Å². The summed E-state index contributed by atoms with van der Waals surface area (Å²) in [5, 5.41) is 0. The Kier molecular flexibility index (Phi) is 4.82. The summed E-state index contributed by atoms with van der Waals surface area (Å²) in [6, 6.07) is 0. The number of carbonyl (C=O) groups is 1. The molecule has 1 aromatic rings. The molecule has 3 heterocycles. The van der Waals surface area contributed by atoms with Gasteiger partial charge in [0.15, 0.2) is 6.39 Å². The molecular weight excluding hydrogens is 320 g/mol. The highest BCUT2D eigenvalue weighted by Gasteiger charge is 2.51. The predicted octanol–water partition coefficient (Wildman–Crippen LogP) is 2.67. The fourth-order valence-corrected chi connectivity index (χ4v) is 4.80. The molecule has 1 amide bonds. The van der Waals surface area contributed by atoms with Crippen LogP contribution in [0.3, 0.4) is 0 Å². The number of ether oxygens (including phenoxy) is 2. The molecule has 3 fully saturated rings. The van der Waals surface area contributed by atoms with Crippen LogP contribution in [0.4, 0.5) is 0 Å². The summed E-state index contributed by atoms with van der Waals surface area (Å²) < 4.78 is 16.9. The zero-order valence-corrected chi connectivity index (χ0v) is 15.0. The second kappa shape index (κ2) is 7.08. The van der Waals surface area contributed by atoms with E-state index in [-0.39, 0.29) is 11.3 Å². The van der Waals surface area contributed by atoms with E-state index in [2.05, 4.69) is 4.98 Å². The van der Waals surface area contributed by atoms with Crippen LogP contribution in [0.2, 0.25) is 0 Å². The molecule has 2 saturated heterocycles. The van der Waals surface area contributed by atoms with Crippen LogP contribution < -0.4 is 0 Å². The van der Waals surface area contributed by atoms with Gasteiger partial charge >= 0.3 is 0 Å². The molecule has 0 unspecified atom stereocenters. The van der Waals surface area contributed by atoms with E-state index in [1.807, 2.05) is 11.8 Å². The average Bonchev–Trinajstić information content (AvgIpc) is 3.29. The van der Waals surface area contributed by atoms with Crippen LogP contribution in [0.1, 0.15) is 48.4 Å². The summed E-state index contributed by atoms with van der Waals surface area (Å²) in [6.07, 6.45) is 7.16. The number of hydrogen-bond donors (Lipinski definition) is 0. The lowest BCUT2D eigenvalue weighted by atomic mass is 9.81. The van der Waals surface area contributed by atoms with Crippen molar-refractivity contribution in [3.63, 3.8) is 0 Å². The topological polar surface area (TPSA) is 64.8 Å². The quantitative estimate of drug-likeness (QED) is 0.818. The third-order valence-corrected chi connectivity index (χ3v) is 6.35. The molecule has 138 valence electrons. The Morgan fingerprint density at radius 3 is 3.00 bits per heavy atom. The van der Waals surface area contributed by atoms with Gasteiger partial charge in [-0.15, -0.1) is 0 Å². The van der Waals surface area contributed by atoms with Crippen LogP contribution in [-0.2, 0) is 9.47 Å². The smallest absolute Gasteiger partial charge is 0.291 e. The largest absolute Gasteiger partial charge is 0.438 e. The first-order chi connectivity index (χ1) is 12.2. The van der Waals surface area contributed by atoms with Gasteiger partial charge in [-0.25, -0.2) is 4.98 Å². The van der Waals surface area contributed by atoms with Gasteiger partial charge in [0.05, 0.1) is 12.3 Å². The average molecular weight is 348 g/mol. The number of fused-ring (bicyclic) bond motifs is 1. The van der Waals surface area contributed by atoms with Gasteiger partial charge < -0.3 is 18.8 Å². The van der Waals surface area contributed by atoms with Crippen molar-refractivity contribution in [1.29, 1.82) is 0 Å². The Morgan fingerprint density at radius 2 is 2.24 bits per heavy atom. The van der Waals surface area contributed by atoms with Crippen LogP contribution >= 0.6 is 0 Å².